The number of nitrogens with zero attached hydrogens (tertiary/aromatic N) is 4. The highest BCUT2D eigenvalue weighted by atomic mass is 16.5. The van der Waals surface area contributed by atoms with Crippen molar-refractivity contribution in [2.75, 3.05) is 5.32 Å². The summed E-state index contributed by atoms with van der Waals surface area (Å²) in [4.78, 5) is 25.5. The number of carbonyl (C=O) groups is 2. The van der Waals surface area contributed by atoms with Crippen molar-refractivity contribution in [1.29, 1.82) is 0 Å². The molecule has 0 unspecified atom stereocenters. The zero-order valence-corrected chi connectivity index (χ0v) is 20.1. The number of carbonyl (C=O) groups excluding carboxylic acids is 2. The molecule has 10 nitrogen and oxygen atoms in total. The van der Waals surface area contributed by atoms with Gasteiger partial charge < -0.3 is 19.8 Å². The van der Waals surface area contributed by atoms with Gasteiger partial charge in [-0.1, -0.05) is 26.0 Å². The maximum atomic E-state index is 12.7. The van der Waals surface area contributed by atoms with E-state index < -0.39 is 5.91 Å². The third kappa shape index (κ3) is 5.78. The average Bonchev–Trinajstić information content (AvgIpc) is 3.57. The van der Waals surface area contributed by atoms with Crippen LogP contribution in [0.1, 0.15) is 57.7 Å². The Kier molecular flexibility index (Phi) is 7.00. The van der Waals surface area contributed by atoms with Crippen molar-refractivity contribution in [2.45, 2.75) is 32.9 Å². The first-order chi connectivity index (χ1) is 16.8. The highest BCUT2D eigenvalue weighted by Gasteiger charge is 2.21. The van der Waals surface area contributed by atoms with Crippen molar-refractivity contribution < 1.29 is 18.7 Å². The number of benzene rings is 1. The van der Waals surface area contributed by atoms with Gasteiger partial charge in [-0.3, -0.25) is 19.0 Å². The summed E-state index contributed by atoms with van der Waals surface area (Å²) in [5.41, 5.74) is 2.59. The first kappa shape index (κ1) is 23.8. The monoisotopic (exact) mass is 476 g/mol. The predicted molar refractivity (Wildman–Crippen MR) is 129 cm³/mol. The molecule has 182 valence electrons. The summed E-state index contributed by atoms with van der Waals surface area (Å²) in [7, 11) is 3.43. The minimum atomic E-state index is -0.494. The lowest BCUT2D eigenvalue weighted by Gasteiger charge is -2.08. The van der Waals surface area contributed by atoms with Gasteiger partial charge in [0.15, 0.2) is 5.76 Å². The van der Waals surface area contributed by atoms with Crippen LogP contribution in [0, 0.1) is 0 Å². The molecule has 4 rings (SSSR count). The van der Waals surface area contributed by atoms with Gasteiger partial charge in [0, 0.05) is 32.4 Å². The largest absolute Gasteiger partial charge is 0.486 e. The third-order valence-corrected chi connectivity index (χ3v) is 5.43. The molecule has 0 saturated heterocycles. The van der Waals surface area contributed by atoms with Crippen molar-refractivity contribution in [3.8, 4) is 5.75 Å². The van der Waals surface area contributed by atoms with Crippen molar-refractivity contribution in [3.63, 3.8) is 0 Å². The van der Waals surface area contributed by atoms with Gasteiger partial charge in [0.2, 0.25) is 0 Å². The zero-order valence-electron chi connectivity index (χ0n) is 20.1. The number of rotatable bonds is 9. The van der Waals surface area contributed by atoms with E-state index in [1.807, 2.05) is 30.5 Å². The standard InChI is InChI=1S/C25H28N6O4/c1-16(2)18-5-7-19(8-6-18)34-15-20-9-10-22(35-20)24(32)29-21-13-28-31(4)23(21)25(33)26-11-17-12-27-30(3)14-17/h5-10,12-14,16H,11,15H2,1-4H3,(H,26,33)(H,29,32). The van der Waals surface area contributed by atoms with Gasteiger partial charge in [0.05, 0.1) is 18.1 Å². The number of aryl methyl sites for hydroxylation is 2. The van der Waals surface area contributed by atoms with Crippen LogP contribution >= 0.6 is 0 Å². The van der Waals surface area contributed by atoms with E-state index in [2.05, 4.69) is 34.7 Å². The molecule has 0 atom stereocenters. The third-order valence-electron chi connectivity index (χ3n) is 5.43. The average molecular weight is 477 g/mol. The van der Waals surface area contributed by atoms with Gasteiger partial charge in [0.1, 0.15) is 23.8 Å². The Bertz CT molecular complexity index is 1320. The molecule has 3 heterocycles. The van der Waals surface area contributed by atoms with Crippen molar-refractivity contribution >= 4 is 17.5 Å². The van der Waals surface area contributed by atoms with Gasteiger partial charge in [-0.2, -0.15) is 10.2 Å². The molecule has 0 radical (unpaired) electrons. The fourth-order valence-electron chi connectivity index (χ4n) is 3.49. The Morgan fingerprint density at radius 1 is 1.03 bits per heavy atom. The van der Waals surface area contributed by atoms with Crippen LogP contribution in [0.4, 0.5) is 5.69 Å². The van der Waals surface area contributed by atoms with E-state index in [1.165, 1.54) is 16.4 Å². The molecule has 2 N–H and O–H groups in total. The number of anilines is 1. The van der Waals surface area contributed by atoms with E-state index >= 15 is 0 Å². The highest BCUT2D eigenvalue weighted by Crippen LogP contribution is 2.21. The van der Waals surface area contributed by atoms with Crippen molar-refractivity contribution in [1.82, 2.24) is 24.9 Å². The van der Waals surface area contributed by atoms with Crippen LogP contribution in [0.3, 0.4) is 0 Å². The number of furan rings is 1. The van der Waals surface area contributed by atoms with E-state index in [-0.39, 0.29) is 29.7 Å². The maximum Gasteiger partial charge on any atom is 0.291 e. The maximum absolute atomic E-state index is 12.7. The van der Waals surface area contributed by atoms with E-state index in [0.29, 0.717) is 24.0 Å². The SMILES string of the molecule is CC(C)c1ccc(OCc2ccc(C(=O)Nc3cnn(C)c3C(=O)NCc3cnn(C)c3)o2)cc1. The molecule has 0 bridgehead atoms. The summed E-state index contributed by atoms with van der Waals surface area (Å²) < 4.78 is 14.5. The molecule has 10 heteroatoms. The Morgan fingerprint density at radius 2 is 1.80 bits per heavy atom. The number of hydrogen-bond donors (Lipinski definition) is 2. The van der Waals surface area contributed by atoms with Crippen LogP contribution in [0.5, 0.6) is 5.75 Å². The Labute approximate surface area is 202 Å². The van der Waals surface area contributed by atoms with E-state index in [1.54, 1.807) is 37.1 Å². The van der Waals surface area contributed by atoms with Gasteiger partial charge in [-0.15, -0.1) is 0 Å². The molecule has 0 aliphatic carbocycles. The molecule has 0 aliphatic heterocycles. The van der Waals surface area contributed by atoms with Crippen LogP contribution in [0.2, 0.25) is 0 Å². The molecule has 0 aliphatic rings. The van der Waals surface area contributed by atoms with Crippen LogP contribution in [-0.2, 0) is 27.2 Å². The molecule has 2 amide bonds. The first-order valence-electron chi connectivity index (χ1n) is 11.2. The second-order valence-corrected chi connectivity index (χ2v) is 8.47. The smallest absolute Gasteiger partial charge is 0.291 e. The number of aromatic nitrogens is 4. The number of amides is 2. The Morgan fingerprint density at radius 3 is 2.49 bits per heavy atom. The van der Waals surface area contributed by atoms with E-state index in [4.69, 9.17) is 9.15 Å². The molecule has 4 aromatic rings. The fourth-order valence-corrected chi connectivity index (χ4v) is 3.49. The van der Waals surface area contributed by atoms with Crippen molar-refractivity contribution in [2.24, 2.45) is 14.1 Å². The van der Waals surface area contributed by atoms with Gasteiger partial charge in [0.25, 0.3) is 11.8 Å². The Balaban J connectivity index is 1.35. The number of hydrogen-bond acceptors (Lipinski definition) is 6. The molecule has 3 aromatic heterocycles. The van der Waals surface area contributed by atoms with Gasteiger partial charge >= 0.3 is 0 Å². The van der Waals surface area contributed by atoms with Crippen LogP contribution in [-0.4, -0.2) is 31.4 Å². The summed E-state index contributed by atoms with van der Waals surface area (Å²) in [5, 5.41) is 13.7. The highest BCUT2D eigenvalue weighted by molar-refractivity contribution is 6.07. The summed E-state index contributed by atoms with van der Waals surface area (Å²) in [6, 6.07) is 11.1. The molecule has 0 spiro atoms. The molecule has 1 aromatic carbocycles. The minimum absolute atomic E-state index is 0.101. The normalized spacial score (nSPS) is 11.0. The molecule has 35 heavy (non-hydrogen) atoms. The van der Waals surface area contributed by atoms with Crippen LogP contribution in [0.15, 0.2) is 59.4 Å². The summed E-state index contributed by atoms with van der Waals surface area (Å²) >= 11 is 0. The summed E-state index contributed by atoms with van der Waals surface area (Å²) in [6.07, 6.45) is 4.90. The molecular formula is C25H28N6O4. The Hall–Kier alpha value is -4.34. The predicted octanol–water partition coefficient (Wildman–Crippen LogP) is 3.63. The molecule has 0 saturated carbocycles. The lowest BCUT2D eigenvalue weighted by molar-refractivity contribution is 0.0942. The van der Waals surface area contributed by atoms with Crippen LogP contribution in [0.25, 0.3) is 0 Å². The summed E-state index contributed by atoms with van der Waals surface area (Å²) in [6.45, 7) is 4.75. The summed E-state index contributed by atoms with van der Waals surface area (Å²) in [5.74, 6) is 0.901. The van der Waals surface area contributed by atoms with E-state index in [0.717, 1.165) is 5.56 Å². The number of nitrogens with one attached hydrogen (secondary N) is 2. The first-order valence-corrected chi connectivity index (χ1v) is 11.2. The number of ether oxygens (including phenoxy) is 1. The lowest BCUT2D eigenvalue weighted by atomic mass is 10.0. The molecular weight excluding hydrogens is 448 g/mol. The zero-order chi connectivity index (χ0) is 24.9. The van der Waals surface area contributed by atoms with Gasteiger partial charge in [-0.05, 0) is 35.7 Å². The lowest BCUT2D eigenvalue weighted by Crippen LogP contribution is -2.26. The minimum Gasteiger partial charge on any atom is -0.486 e. The fraction of sp³-hybridized carbons (Fsp3) is 0.280. The van der Waals surface area contributed by atoms with Crippen LogP contribution < -0.4 is 15.4 Å². The van der Waals surface area contributed by atoms with Gasteiger partial charge in [-0.25, -0.2) is 0 Å². The quantitative estimate of drug-likeness (QED) is 0.381. The van der Waals surface area contributed by atoms with E-state index in [9.17, 15) is 9.59 Å². The second kappa shape index (κ2) is 10.3. The second-order valence-electron chi connectivity index (χ2n) is 8.47. The van der Waals surface area contributed by atoms with Crippen molar-refractivity contribution in [3.05, 3.63) is 83.3 Å². The topological polar surface area (TPSA) is 116 Å². The molecule has 0 fully saturated rings.